The van der Waals surface area contributed by atoms with Crippen molar-refractivity contribution in [1.29, 1.82) is 0 Å². The molecule has 10 heteroatoms. The highest BCUT2D eigenvalue weighted by atomic mass is 19.2. The fourth-order valence-corrected chi connectivity index (χ4v) is 2.08. The van der Waals surface area contributed by atoms with Gasteiger partial charge in [-0.2, -0.15) is 0 Å². The van der Waals surface area contributed by atoms with Gasteiger partial charge in [0.15, 0.2) is 11.7 Å². The maximum absolute atomic E-state index is 14.2. The molecule has 1 aromatic rings. The Morgan fingerprint density at radius 2 is 2.07 bits per heavy atom. The molecule has 0 amide bonds. The molecule has 0 bridgehead atoms. The van der Waals surface area contributed by atoms with E-state index in [-0.39, 0.29) is 22.9 Å². The van der Waals surface area contributed by atoms with Gasteiger partial charge in [-0.05, 0) is 26.3 Å². The molecule has 0 aromatic carbocycles. The van der Waals surface area contributed by atoms with Crippen molar-refractivity contribution < 1.29 is 8.78 Å². The van der Waals surface area contributed by atoms with Crippen LogP contribution in [0.4, 0.5) is 14.6 Å². The van der Waals surface area contributed by atoms with Crippen LogP contribution in [0.25, 0.3) is 5.70 Å². The SMILES string of the molecule is C/C=C\CC=C(N=C(NN)c1cc(/C(N)=C/N(C)N)cnc1N)/C(F)=C(\C)F. The van der Waals surface area contributed by atoms with E-state index in [1.54, 1.807) is 25.3 Å². The van der Waals surface area contributed by atoms with Gasteiger partial charge in [0.25, 0.3) is 0 Å². The lowest BCUT2D eigenvalue weighted by Crippen LogP contribution is -2.32. The molecule has 0 spiro atoms. The standard InChI is InChI=1S/C18H26F2N8/c1-4-5-6-7-15(16(20)11(2)19)26-18(27-23)13-8-12(9-25-17(13)22)14(21)10-28(3)24/h4-5,7-10H,6,21,23-24H2,1-3H3,(H2,22,25)(H,26,27)/b5-4-,14-10-,15-7?,16-11-. The van der Waals surface area contributed by atoms with Crippen LogP contribution < -0.4 is 28.6 Å². The van der Waals surface area contributed by atoms with Crippen LogP contribution in [-0.2, 0) is 0 Å². The monoisotopic (exact) mass is 392 g/mol. The number of nitrogen functional groups attached to an aromatic ring is 1. The first-order valence-electron chi connectivity index (χ1n) is 8.31. The van der Waals surface area contributed by atoms with Gasteiger partial charge >= 0.3 is 0 Å². The van der Waals surface area contributed by atoms with Crippen molar-refractivity contribution in [2.24, 2.45) is 22.4 Å². The number of nitrogens with one attached hydrogen (secondary N) is 1. The summed E-state index contributed by atoms with van der Waals surface area (Å²) in [7, 11) is 1.60. The number of allylic oxidation sites excluding steroid dienone is 5. The van der Waals surface area contributed by atoms with Crippen LogP contribution in [0.2, 0.25) is 0 Å². The van der Waals surface area contributed by atoms with E-state index in [2.05, 4.69) is 15.4 Å². The van der Waals surface area contributed by atoms with Gasteiger partial charge < -0.3 is 21.9 Å². The molecule has 8 nitrogen and oxygen atoms in total. The maximum Gasteiger partial charge on any atom is 0.179 e. The molecular formula is C18H26F2N8. The lowest BCUT2D eigenvalue weighted by molar-refractivity contribution is 0.486. The highest BCUT2D eigenvalue weighted by Crippen LogP contribution is 2.22. The van der Waals surface area contributed by atoms with Gasteiger partial charge in [0, 0.05) is 25.0 Å². The number of anilines is 1. The molecule has 1 aromatic heterocycles. The van der Waals surface area contributed by atoms with E-state index in [1.165, 1.54) is 23.5 Å². The van der Waals surface area contributed by atoms with Crippen molar-refractivity contribution in [2.45, 2.75) is 20.3 Å². The van der Waals surface area contributed by atoms with Crippen molar-refractivity contribution in [1.82, 2.24) is 15.4 Å². The molecule has 0 saturated heterocycles. The Morgan fingerprint density at radius 3 is 2.61 bits per heavy atom. The summed E-state index contributed by atoms with van der Waals surface area (Å²) in [6, 6.07) is 1.56. The molecule has 0 aliphatic rings. The van der Waals surface area contributed by atoms with E-state index >= 15 is 0 Å². The molecule has 152 valence electrons. The molecule has 28 heavy (non-hydrogen) atoms. The summed E-state index contributed by atoms with van der Waals surface area (Å²) >= 11 is 0. The molecular weight excluding hydrogens is 366 g/mol. The Labute approximate surface area is 162 Å². The molecule has 0 unspecified atom stereocenters. The van der Waals surface area contributed by atoms with E-state index in [0.717, 1.165) is 6.92 Å². The van der Waals surface area contributed by atoms with Crippen LogP contribution in [-0.4, -0.2) is 22.9 Å². The first-order valence-corrected chi connectivity index (χ1v) is 8.31. The van der Waals surface area contributed by atoms with Gasteiger partial charge in [0.1, 0.15) is 17.3 Å². The quantitative estimate of drug-likeness (QED) is 0.119. The summed E-state index contributed by atoms with van der Waals surface area (Å²) in [6.45, 7) is 2.81. The summed E-state index contributed by atoms with van der Waals surface area (Å²) in [4.78, 5) is 8.15. The fourth-order valence-electron chi connectivity index (χ4n) is 2.08. The number of aliphatic imine (C=N–C) groups is 1. The number of nitrogens with two attached hydrogens (primary N) is 4. The third-order valence-electron chi connectivity index (χ3n) is 3.43. The summed E-state index contributed by atoms with van der Waals surface area (Å²) < 4.78 is 27.7. The number of hydrogen-bond donors (Lipinski definition) is 5. The highest BCUT2D eigenvalue weighted by molar-refractivity contribution is 6.03. The zero-order chi connectivity index (χ0) is 21.3. The molecule has 9 N–H and O–H groups in total. The van der Waals surface area contributed by atoms with Gasteiger partial charge in [-0.1, -0.05) is 18.2 Å². The number of halogens is 2. The zero-order valence-electron chi connectivity index (χ0n) is 16.1. The average Bonchev–Trinajstić information content (AvgIpc) is 2.64. The number of hydrazine groups is 2. The number of aromatic nitrogens is 1. The number of nitrogens with zero attached hydrogens (tertiary/aromatic N) is 3. The minimum Gasteiger partial charge on any atom is -0.397 e. The predicted molar refractivity (Wildman–Crippen MR) is 109 cm³/mol. The highest BCUT2D eigenvalue weighted by Gasteiger charge is 2.14. The molecule has 0 radical (unpaired) electrons. The lowest BCUT2D eigenvalue weighted by Gasteiger charge is -2.12. The van der Waals surface area contributed by atoms with Gasteiger partial charge in [-0.15, -0.1) is 0 Å². The van der Waals surface area contributed by atoms with E-state index in [1.807, 2.05) is 6.92 Å². The minimum atomic E-state index is -1.11. The Kier molecular flexibility index (Phi) is 8.79. The zero-order valence-corrected chi connectivity index (χ0v) is 16.1. The Hall–Kier alpha value is -3.24. The second-order valence-corrected chi connectivity index (χ2v) is 5.75. The van der Waals surface area contributed by atoms with Crippen molar-refractivity contribution in [3.63, 3.8) is 0 Å². The van der Waals surface area contributed by atoms with E-state index in [9.17, 15) is 8.78 Å². The van der Waals surface area contributed by atoms with Crippen LogP contribution in [0, 0.1) is 0 Å². The Balaban J connectivity index is 3.51. The van der Waals surface area contributed by atoms with Crippen molar-refractivity contribution >= 4 is 17.4 Å². The van der Waals surface area contributed by atoms with E-state index in [0.29, 0.717) is 17.7 Å². The topological polar surface area (TPSA) is 145 Å². The number of amidine groups is 1. The fraction of sp³-hybridized carbons (Fsp3) is 0.222. The van der Waals surface area contributed by atoms with Gasteiger partial charge in [-0.25, -0.2) is 30.4 Å². The van der Waals surface area contributed by atoms with E-state index < -0.39 is 11.7 Å². The summed E-state index contributed by atoms with van der Waals surface area (Å²) in [5.41, 5.74) is 15.0. The largest absolute Gasteiger partial charge is 0.397 e. The number of rotatable bonds is 7. The first-order chi connectivity index (χ1) is 13.2. The van der Waals surface area contributed by atoms with Crippen LogP contribution in [0.1, 0.15) is 31.4 Å². The van der Waals surface area contributed by atoms with Crippen molar-refractivity contribution in [3.8, 4) is 0 Å². The first kappa shape index (κ1) is 22.8. The van der Waals surface area contributed by atoms with Gasteiger partial charge in [0.05, 0.1) is 11.3 Å². The van der Waals surface area contributed by atoms with Crippen molar-refractivity contribution in [3.05, 3.63) is 65.2 Å². The minimum absolute atomic E-state index is 0.0103. The van der Waals surface area contributed by atoms with Gasteiger partial charge in [-0.3, -0.25) is 0 Å². The smallest absolute Gasteiger partial charge is 0.179 e. The molecule has 1 heterocycles. The molecule has 0 fully saturated rings. The third kappa shape index (κ3) is 6.49. The Bertz CT molecular complexity index is 834. The van der Waals surface area contributed by atoms with Crippen LogP contribution in [0.5, 0.6) is 0 Å². The maximum atomic E-state index is 14.2. The van der Waals surface area contributed by atoms with E-state index in [4.69, 9.17) is 23.2 Å². The van der Waals surface area contributed by atoms with Crippen LogP contribution >= 0.6 is 0 Å². The molecule has 0 saturated carbocycles. The Morgan fingerprint density at radius 1 is 1.39 bits per heavy atom. The summed E-state index contributed by atoms with van der Waals surface area (Å²) in [6.07, 6.45) is 8.22. The van der Waals surface area contributed by atoms with Gasteiger partial charge in [0.2, 0.25) is 0 Å². The molecule has 0 aliphatic heterocycles. The van der Waals surface area contributed by atoms with Crippen molar-refractivity contribution in [2.75, 3.05) is 12.8 Å². The lowest BCUT2D eigenvalue weighted by atomic mass is 10.1. The second-order valence-electron chi connectivity index (χ2n) is 5.75. The summed E-state index contributed by atoms with van der Waals surface area (Å²) in [5.74, 6) is 9.04. The number of pyridine rings is 1. The summed E-state index contributed by atoms with van der Waals surface area (Å²) in [5, 5.41) is 1.27. The second kappa shape index (κ2) is 10.8. The molecule has 0 atom stereocenters. The third-order valence-corrected chi connectivity index (χ3v) is 3.43. The normalized spacial score (nSPS) is 14.3. The number of hydrogen-bond acceptors (Lipinski definition) is 7. The van der Waals surface area contributed by atoms with Crippen LogP contribution in [0.3, 0.4) is 0 Å². The predicted octanol–water partition coefficient (Wildman–Crippen LogP) is 1.96. The molecule has 0 aliphatic carbocycles. The van der Waals surface area contributed by atoms with Crippen LogP contribution in [0.15, 0.2) is 59.0 Å². The average molecular weight is 392 g/mol. The molecule has 1 rings (SSSR count).